The van der Waals surface area contributed by atoms with Crippen LogP contribution in [0.5, 0.6) is 0 Å². The van der Waals surface area contributed by atoms with E-state index in [9.17, 15) is 19.8 Å². The van der Waals surface area contributed by atoms with Gasteiger partial charge in [-0.3, -0.25) is 4.90 Å². The second-order valence-corrected chi connectivity index (χ2v) is 11.8. The van der Waals surface area contributed by atoms with Crippen LogP contribution in [0.1, 0.15) is 54.4 Å². The van der Waals surface area contributed by atoms with Gasteiger partial charge >= 0.3 is 12.0 Å². The summed E-state index contributed by atoms with van der Waals surface area (Å²) in [5.74, 6) is -0.496. The minimum Gasteiger partial charge on any atom is -0.467 e. The first-order valence-corrected chi connectivity index (χ1v) is 15.5. The lowest BCUT2D eigenvalue weighted by Crippen LogP contribution is -2.46. The van der Waals surface area contributed by atoms with Gasteiger partial charge < -0.3 is 35.1 Å². The van der Waals surface area contributed by atoms with Gasteiger partial charge in [-0.2, -0.15) is 0 Å². The van der Waals surface area contributed by atoms with Gasteiger partial charge in [0.25, 0.3) is 0 Å². The number of esters is 1. The lowest BCUT2D eigenvalue weighted by atomic mass is 9.90. The normalized spacial score (nSPS) is 24.1. The third-order valence-corrected chi connectivity index (χ3v) is 8.76. The molecule has 5 rings (SSSR count). The van der Waals surface area contributed by atoms with E-state index in [2.05, 4.69) is 22.5 Å². The van der Waals surface area contributed by atoms with Crippen molar-refractivity contribution in [1.29, 1.82) is 0 Å². The summed E-state index contributed by atoms with van der Waals surface area (Å²) >= 11 is 0. The van der Waals surface area contributed by atoms with Crippen LogP contribution in [0.25, 0.3) is 0 Å². The number of benzene rings is 3. The van der Waals surface area contributed by atoms with Crippen molar-refractivity contribution in [3.05, 3.63) is 101 Å². The molecular formula is C35H43N3O7. The molecule has 0 radical (unpaired) electrons. The van der Waals surface area contributed by atoms with Crippen molar-refractivity contribution in [2.24, 2.45) is 5.92 Å². The van der Waals surface area contributed by atoms with Gasteiger partial charge in [-0.05, 0) is 48.2 Å². The maximum Gasteiger partial charge on any atom is 0.328 e. The fourth-order valence-electron chi connectivity index (χ4n) is 6.14. The number of carbonyl (C=O) groups is 2. The minimum atomic E-state index is -0.843. The van der Waals surface area contributed by atoms with E-state index >= 15 is 0 Å². The highest BCUT2D eigenvalue weighted by atomic mass is 16.7. The zero-order chi connectivity index (χ0) is 31.8. The predicted octanol–water partition coefficient (Wildman–Crippen LogP) is 4.33. The number of ether oxygens (including phenoxy) is 3. The number of methoxy groups -OCH3 is 1. The molecule has 4 N–H and O–H groups in total. The summed E-state index contributed by atoms with van der Waals surface area (Å²) in [5, 5.41) is 24.9. The van der Waals surface area contributed by atoms with Crippen molar-refractivity contribution in [1.82, 2.24) is 10.2 Å². The molecule has 0 aliphatic carbocycles. The van der Waals surface area contributed by atoms with E-state index in [-0.39, 0.29) is 37.4 Å². The number of urea groups is 1. The van der Waals surface area contributed by atoms with Gasteiger partial charge in [0.05, 0.1) is 32.5 Å². The Bertz CT molecular complexity index is 1390. The Hall–Kier alpha value is -3.80. The van der Waals surface area contributed by atoms with Crippen LogP contribution in [-0.2, 0) is 32.0 Å². The maximum absolute atomic E-state index is 12.8. The quantitative estimate of drug-likeness (QED) is 0.234. The van der Waals surface area contributed by atoms with E-state index < -0.39 is 24.3 Å². The molecule has 2 fully saturated rings. The summed E-state index contributed by atoms with van der Waals surface area (Å²) in [6.45, 7) is 3.83. The van der Waals surface area contributed by atoms with Crippen LogP contribution in [0, 0.1) is 5.92 Å². The molecule has 6 atom stereocenters. The van der Waals surface area contributed by atoms with Crippen molar-refractivity contribution in [2.75, 3.05) is 32.1 Å². The molecule has 240 valence electrons. The van der Waals surface area contributed by atoms with Crippen LogP contribution >= 0.6 is 0 Å². The maximum atomic E-state index is 12.8. The first kappa shape index (κ1) is 32.6. The Labute approximate surface area is 264 Å². The molecule has 10 nitrogen and oxygen atoms in total. The van der Waals surface area contributed by atoms with Crippen molar-refractivity contribution in [2.45, 2.75) is 63.4 Å². The predicted molar refractivity (Wildman–Crippen MR) is 169 cm³/mol. The number of hydrogen-bond acceptors (Lipinski definition) is 8. The molecule has 0 aromatic heterocycles. The fraction of sp³-hybridized carbons (Fsp3) is 0.429. The largest absolute Gasteiger partial charge is 0.467 e. The molecule has 6 unspecified atom stereocenters. The fourth-order valence-corrected chi connectivity index (χ4v) is 6.14. The van der Waals surface area contributed by atoms with Crippen molar-refractivity contribution >= 4 is 17.7 Å². The number of carbonyl (C=O) groups excluding carboxylic acids is 2. The SMILES string of the molecule is COC(=O)C(Cc1ccccc1)NC(=O)Nc1ccc(C2OC(CN3CCCC3CO)C(C)C(c3ccc(CO)cc3)O2)cc1. The van der Waals surface area contributed by atoms with Crippen LogP contribution in [0.4, 0.5) is 10.5 Å². The number of nitrogens with zero attached hydrogens (tertiary/aromatic N) is 1. The summed E-state index contributed by atoms with van der Waals surface area (Å²) in [5.41, 5.74) is 4.07. The molecule has 0 bridgehead atoms. The minimum absolute atomic E-state index is 0.0258. The van der Waals surface area contributed by atoms with Crippen LogP contribution in [-0.4, -0.2) is 72.1 Å². The monoisotopic (exact) mass is 617 g/mol. The summed E-state index contributed by atoms with van der Waals surface area (Å²) in [6, 6.07) is 23.2. The number of amides is 2. The van der Waals surface area contributed by atoms with Crippen LogP contribution in [0.3, 0.4) is 0 Å². The Kier molecular flexibility index (Phi) is 11.2. The van der Waals surface area contributed by atoms with Gasteiger partial charge in [-0.25, -0.2) is 9.59 Å². The number of nitrogens with one attached hydrogen (secondary N) is 2. The average molecular weight is 618 g/mol. The number of aliphatic hydroxyl groups excluding tert-OH is 2. The topological polar surface area (TPSA) is 130 Å². The summed E-state index contributed by atoms with van der Waals surface area (Å²) < 4.78 is 18.0. The molecule has 3 aromatic carbocycles. The molecule has 10 heteroatoms. The van der Waals surface area contributed by atoms with Gasteiger partial charge in [0.2, 0.25) is 0 Å². The van der Waals surface area contributed by atoms with Crippen molar-refractivity contribution in [3.63, 3.8) is 0 Å². The first-order chi connectivity index (χ1) is 21.9. The third-order valence-electron chi connectivity index (χ3n) is 8.76. The molecule has 45 heavy (non-hydrogen) atoms. The van der Waals surface area contributed by atoms with E-state index in [1.807, 2.05) is 66.7 Å². The molecule has 2 saturated heterocycles. The van der Waals surface area contributed by atoms with Gasteiger partial charge in [-0.15, -0.1) is 0 Å². The molecule has 2 aliphatic rings. The molecule has 3 aromatic rings. The molecule has 2 amide bonds. The molecule has 0 spiro atoms. The molecule has 0 saturated carbocycles. The van der Waals surface area contributed by atoms with E-state index in [4.69, 9.17) is 14.2 Å². The van der Waals surface area contributed by atoms with Crippen molar-refractivity contribution < 1.29 is 34.0 Å². The van der Waals surface area contributed by atoms with Crippen LogP contribution in [0.2, 0.25) is 0 Å². The van der Waals surface area contributed by atoms with Crippen LogP contribution < -0.4 is 10.6 Å². The number of anilines is 1. The molecule has 2 aliphatic heterocycles. The Morgan fingerprint density at radius 2 is 1.67 bits per heavy atom. The number of hydrogen-bond donors (Lipinski definition) is 4. The van der Waals surface area contributed by atoms with E-state index in [1.54, 1.807) is 12.1 Å². The summed E-state index contributed by atoms with van der Waals surface area (Å²) in [4.78, 5) is 27.5. The molecule has 2 heterocycles. The highest BCUT2D eigenvalue weighted by Gasteiger charge is 2.40. The Morgan fingerprint density at radius 1 is 0.956 bits per heavy atom. The zero-order valence-corrected chi connectivity index (χ0v) is 25.8. The third kappa shape index (κ3) is 8.27. The van der Waals surface area contributed by atoms with Gasteiger partial charge in [0.15, 0.2) is 6.29 Å². The smallest absolute Gasteiger partial charge is 0.328 e. The standard InChI is InChI=1S/C35H43N3O7/c1-23-31(20-38-18-6-9-29(38)22-40)44-34(45-32(23)26-12-10-25(21-39)11-13-26)27-14-16-28(17-15-27)36-35(42)37-30(33(41)43-2)19-24-7-4-3-5-8-24/h3-5,7-8,10-17,23,29-32,34,39-40H,6,9,18-22H2,1-2H3,(H2,36,37,42). The summed E-state index contributed by atoms with van der Waals surface area (Å²) in [7, 11) is 1.30. The van der Waals surface area contributed by atoms with Gasteiger partial charge in [0.1, 0.15) is 6.04 Å². The van der Waals surface area contributed by atoms with Gasteiger partial charge in [-0.1, -0.05) is 73.7 Å². The number of aliphatic hydroxyl groups is 2. The van der Waals surface area contributed by atoms with E-state index in [1.165, 1.54) is 7.11 Å². The van der Waals surface area contributed by atoms with Crippen LogP contribution in [0.15, 0.2) is 78.9 Å². The summed E-state index contributed by atoms with van der Waals surface area (Å²) in [6.07, 6.45) is 1.27. The zero-order valence-electron chi connectivity index (χ0n) is 25.8. The highest BCUT2D eigenvalue weighted by molar-refractivity contribution is 5.92. The number of likely N-dealkylation sites (tertiary alicyclic amines) is 1. The number of rotatable bonds is 11. The second kappa shape index (κ2) is 15.5. The van der Waals surface area contributed by atoms with E-state index in [0.29, 0.717) is 18.7 Å². The van der Waals surface area contributed by atoms with E-state index in [0.717, 1.165) is 41.6 Å². The lowest BCUT2D eigenvalue weighted by molar-refractivity contribution is -0.276. The highest BCUT2D eigenvalue weighted by Crippen LogP contribution is 2.42. The van der Waals surface area contributed by atoms with Gasteiger partial charge in [0, 0.05) is 36.2 Å². The molecular weight excluding hydrogens is 574 g/mol. The first-order valence-electron chi connectivity index (χ1n) is 15.5. The Balaban J connectivity index is 1.28. The Morgan fingerprint density at radius 3 is 2.33 bits per heavy atom. The van der Waals surface area contributed by atoms with Crippen molar-refractivity contribution in [3.8, 4) is 0 Å². The second-order valence-electron chi connectivity index (χ2n) is 11.8. The average Bonchev–Trinajstić information content (AvgIpc) is 3.53. The lowest BCUT2D eigenvalue weighted by Gasteiger charge is -2.43.